The summed E-state index contributed by atoms with van der Waals surface area (Å²) in [5.74, 6) is 0.0482. The number of nitrogens with two attached hydrogens (primary N) is 1. The van der Waals surface area contributed by atoms with E-state index in [-0.39, 0.29) is 5.91 Å². The Morgan fingerprint density at radius 2 is 2.16 bits per heavy atom. The van der Waals surface area contributed by atoms with Gasteiger partial charge in [0.05, 0.1) is 28.3 Å². The molecule has 0 radical (unpaired) electrons. The molecule has 0 aliphatic rings. The molecule has 2 rings (SSSR count). The lowest BCUT2D eigenvalue weighted by Crippen LogP contribution is -2.17. The Hall–Kier alpha value is -2.44. The van der Waals surface area contributed by atoms with Crippen LogP contribution in [0.25, 0.3) is 0 Å². The maximum Gasteiger partial charge on any atom is 0.258 e. The SMILES string of the molecule is CCc1nnc(C)cc1C(=O)Nc1n[nH]c(C)c1N. The van der Waals surface area contributed by atoms with Gasteiger partial charge in [0.15, 0.2) is 5.82 Å². The summed E-state index contributed by atoms with van der Waals surface area (Å²) in [4.78, 5) is 12.2. The van der Waals surface area contributed by atoms with Crippen molar-refractivity contribution >= 4 is 17.4 Å². The maximum atomic E-state index is 12.2. The summed E-state index contributed by atoms with van der Waals surface area (Å²) in [6.07, 6.45) is 0.630. The molecule has 1 amide bonds. The number of anilines is 2. The Morgan fingerprint density at radius 1 is 1.42 bits per heavy atom. The van der Waals surface area contributed by atoms with Crippen LogP contribution < -0.4 is 11.1 Å². The van der Waals surface area contributed by atoms with E-state index in [0.717, 1.165) is 5.69 Å². The summed E-state index contributed by atoms with van der Waals surface area (Å²) in [7, 11) is 0. The van der Waals surface area contributed by atoms with E-state index in [0.29, 0.717) is 34.9 Å². The zero-order chi connectivity index (χ0) is 14.0. The standard InChI is InChI=1S/C12H16N6O/c1-4-9-8(5-6(2)15-17-9)12(19)14-11-10(13)7(3)16-18-11/h5H,4,13H2,1-3H3,(H2,14,16,18,19). The van der Waals surface area contributed by atoms with Crippen molar-refractivity contribution in [3.63, 3.8) is 0 Å². The number of rotatable bonds is 3. The number of aromatic nitrogens is 4. The molecule has 2 aromatic rings. The summed E-state index contributed by atoms with van der Waals surface area (Å²) in [6, 6.07) is 1.71. The number of hydrogen-bond donors (Lipinski definition) is 3. The number of nitrogen functional groups attached to an aromatic ring is 1. The molecule has 0 bridgehead atoms. The van der Waals surface area contributed by atoms with Crippen LogP contribution in [0, 0.1) is 13.8 Å². The average Bonchev–Trinajstić information content (AvgIpc) is 2.70. The van der Waals surface area contributed by atoms with Gasteiger partial charge in [-0.1, -0.05) is 6.92 Å². The predicted molar refractivity (Wildman–Crippen MR) is 71.8 cm³/mol. The van der Waals surface area contributed by atoms with E-state index in [2.05, 4.69) is 25.7 Å². The highest BCUT2D eigenvalue weighted by Gasteiger charge is 2.16. The first-order valence-corrected chi connectivity index (χ1v) is 5.98. The van der Waals surface area contributed by atoms with E-state index < -0.39 is 0 Å². The fourth-order valence-electron chi connectivity index (χ4n) is 1.68. The van der Waals surface area contributed by atoms with Crippen molar-refractivity contribution in [2.75, 3.05) is 11.1 Å². The van der Waals surface area contributed by atoms with Crippen molar-refractivity contribution in [1.82, 2.24) is 20.4 Å². The number of nitrogens with zero attached hydrogens (tertiary/aromatic N) is 3. The topological polar surface area (TPSA) is 110 Å². The van der Waals surface area contributed by atoms with E-state index in [4.69, 9.17) is 5.73 Å². The fourth-order valence-corrected chi connectivity index (χ4v) is 1.68. The van der Waals surface area contributed by atoms with Gasteiger partial charge in [0, 0.05) is 0 Å². The minimum absolute atomic E-state index is 0.284. The zero-order valence-electron chi connectivity index (χ0n) is 11.1. The quantitative estimate of drug-likeness (QED) is 0.768. The van der Waals surface area contributed by atoms with E-state index in [1.54, 1.807) is 19.9 Å². The van der Waals surface area contributed by atoms with Crippen molar-refractivity contribution in [2.24, 2.45) is 0 Å². The molecule has 0 fully saturated rings. The number of H-pyrrole nitrogens is 1. The first-order valence-electron chi connectivity index (χ1n) is 5.98. The van der Waals surface area contributed by atoms with Crippen LogP contribution in [0.3, 0.4) is 0 Å². The Balaban J connectivity index is 2.30. The summed E-state index contributed by atoms with van der Waals surface area (Å²) in [5.41, 5.74) is 8.78. The maximum absolute atomic E-state index is 12.2. The number of amides is 1. The Labute approximate surface area is 110 Å². The van der Waals surface area contributed by atoms with Gasteiger partial charge in [-0.3, -0.25) is 9.89 Å². The highest BCUT2D eigenvalue weighted by molar-refractivity contribution is 6.05. The number of aryl methyl sites for hydroxylation is 3. The smallest absolute Gasteiger partial charge is 0.258 e. The summed E-state index contributed by atoms with van der Waals surface area (Å²) >= 11 is 0. The second kappa shape index (κ2) is 5.05. The van der Waals surface area contributed by atoms with Crippen LogP contribution in [-0.4, -0.2) is 26.3 Å². The number of carbonyl (C=O) groups excluding carboxylic acids is 1. The molecule has 0 unspecified atom stereocenters. The van der Waals surface area contributed by atoms with Crippen molar-refractivity contribution < 1.29 is 4.79 Å². The zero-order valence-corrected chi connectivity index (χ0v) is 11.1. The summed E-state index contributed by atoms with van der Waals surface area (Å²) in [6.45, 7) is 5.49. The number of nitrogens with one attached hydrogen (secondary N) is 2. The number of aromatic amines is 1. The molecule has 7 heteroatoms. The second-order valence-corrected chi connectivity index (χ2v) is 4.26. The molecular weight excluding hydrogens is 244 g/mol. The molecule has 19 heavy (non-hydrogen) atoms. The van der Waals surface area contributed by atoms with Crippen LogP contribution in [0.2, 0.25) is 0 Å². The van der Waals surface area contributed by atoms with Gasteiger partial charge >= 0.3 is 0 Å². The predicted octanol–water partition coefficient (Wildman–Crippen LogP) is 1.21. The first-order chi connectivity index (χ1) is 9.02. The van der Waals surface area contributed by atoms with Crippen molar-refractivity contribution in [3.05, 3.63) is 28.7 Å². The van der Waals surface area contributed by atoms with Gasteiger partial charge in [-0.2, -0.15) is 15.3 Å². The third-order valence-corrected chi connectivity index (χ3v) is 2.80. The van der Waals surface area contributed by atoms with Crippen molar-refractivity contribution in [2.45, 2.75) is 27.2 Å². The Kier molecular flexibility index (Phi) is 3.46. The lowest BCUT2D eigenvalue weighted by molar-refractivity contribution is 0.102. The lowest BCUT2D eigenvalue weighted by Gasteiger charge is -2.07. The number of hydrogen-bond acceptors (Lipinski definition) is 5. The van der Waals surface area contributed by atoms with Crippen LogP contribution in [0.4, 0.5) is 11.5 Å². The normalized spacial score (nSPS) is 10.5. The van der Waals surface area contributed by atoms with Crippen LogP contribution in [0.5, 0.6) is 0 Å². The summed E-state index contributed by atoms with van der Waals surface area (Å²) < 4.78 is 0. The van der Waals surface area contributed by atoms with E-state index in [1.165, 1.54) is 0 Å². The van der Waals surface area contributed by atoms with Gasteiger partial charge < -0.3 is 11.1 Å². The molecule has 7 nitrogen and oxygen atoms in total. The van der Waals surface area contributed by atoms with Crippen molar-refractivity contribution in [3.8, 4) is 0 Å². The monoisotopic (exact) mass is 260 g/mol. The molecule has 100 valence electrons. The molecular formula is C12H16N6O. The number of carbonyl (C=O) groups is 1. The van der Waals surface area contributed by atoms with Crippen LogP contribution in [-0.2, 0) is 6.42 Å². The van der Waals surface area contributed by atoms with Crippen LogP contribution in [0.1, 0.15) is 34.4 Å². The molecule has 0 atom stereocenters. The van der Waals surface area contributed by atoms with Crippen LogP contribution >= 0.6 is 0 Å². The minimum atomic E-state index is -0.284. The molecule has 2 heterocycles. The highest BCUT2D eigenvalue weighted by Crippen LogP contribution is 2.19. The van der Waals surface area contributed by atoms with Crippen LogP contribution in [0.15, 0.2) is 6.07 Å². The van der Waals surface area contributed by atoms with E-state index in [9.17, 15) is 4.79 Å². The largest absolute Gasteiger partial charge is 0.394 e. The molecule has 0 saturated heterocycles. The van der Waals surface area contributed by atoms with Gasteiger partial charge in [0.25, 0.3) is 5.91 Å². The lowest BCUT2D eigenvalue weighted by atomic mass is 10.1. The van der Waals surface area contributed by atoms with Gasteiger partial charge in [0.1, 0.15) is 0 Å². The molecule has 0 aliphatic heterocycles. The average molecular weight is 260 g/mol. The van der Waals surface area contributed by atoms with Gasteiger partial charge in [-0.05, 0) is 26.3 Å². The van der Waals surface area contributed by atoms with Crippen molar-refractivity contribution in [1.29, 1.82) is 0 Å². The molecule has 0 aliphatic carbocycles. The van der Waals surface area contributed by atoms with Gasteiger partial charge in [0.2, 0.25) is 0 Å². The molecule has 0 aromatic carbocycles. The Bertz CT molecular complexity index is 619. The first kappa shape index (κ1) is 13.0. The fraction of sp³-hybridized carbons (Fsp3) is 0.333. The third kappa shape index (κ3) is 2.54. The Morgan fingerprint density at radius 3 is 2.74 bits per heavy atom. The molecule has 0 spiro atoms. The minimum Gasteiger partial charge on any atom is -0.394 e. The molecule has 2 aromatic heterocycles. The second-order valence-electron chi connectivity index (χ2n) is 4.26. The summed E-state index contributed by atoms with van der Waals surface area (Å²) in [5, 5.41) is 17.3. The van der Waals surface area contributed by atoms with Gasteiger partial charge in [-0.15, -0.1) is 0 Å². The molecule has 4 N–H and O–H groups in total. The molecule has 0 saturated carbocycles. The van der Waals surface area contributed by atoms with Gasteiger partial charge in [-0.25, -0.2) is 0 Å². The highest BCUT2D eigenvalue weighted by atomic mass is 16.1. The van der Waals surface area contributed by atoms with E-state index >= 15 is 0 Å². The third-order valence-electron chi connectivity index (χ3n) is 2.80. The van der Waals surface area contributed by atoms with E-state index in [1.807, 2.05) is 6.92 Å².